The Kier molecular flexibility index (Phi) is 6.36. The minimum Gasteiger partial charge on any atom is -0.502 e. The van der Waals surface area contributed by atoms with Gasteiger partial charge >= 0.3 is 0 Å². The van der Waals surface area contributed by atoms with Crippen LogP contribution in [0.15, 0.2) is 17.0 Å². The number of imide groups is 1. The number of hydrogen-bond acceptors (Lipinski definition) is 7. The Labute approximate surface area is 173 Å². The van der Waals surface area contributed by atoms with Gasteiger partial charge in [-0.3, -0.25) is 19.3 Å². The van der Waals surface area contributed by atoms with Crippen molar-refractivity contribution in [3.05, 3.63) is 22.6 Å². The van der Waals surface area contributed by atoms with Gasteiger partial charge in [-0.2, -0.15) is 0 Å². The lowest BCUT2D eigenvalue weighted by atomic mass is 10.0. The molecule has 1 N–H and O–H groups in total. The van der Waals surface area contributed by atoms with Gasteiger partial charge in [0.2, 0.25) is 11.7 Å². The first-order valence-electron chi connectivity index (χ1n) is 9.35. The molecule has 8 nitrogen and oxygen atoms in total. The number of nitrogens with zero attached hydrogens (tertiary/aromatic N) is 2. The highest BCUT2D eigenvalue weighted by Gasteiger charge is 2.38. The Balaban J connectivity index is 1.79. The quantitative estimate of drug-likeness (QED) is 0.732. The van der Waals surface area contributed by atoms with Crippen LogP contribution in [0.25, 0.3) is 6.08 Å². The third-order valence-electron chi connectivity index (χ3n) is 5.09. The van der Waals surface area contributed by atoms with Gasteiger partial charge in [0.25, 0.3) is 11.1 Å². The molecule has 1 aromatic carbocycles. The number of amides is 3. The Bertz CT molecular complexity index is 844. The van der Waals surface area contributed by atoms with Crippen molar-refractivity contribution >= 4 is 34.9 Å². The van der Waals surface area contributed by atoms with Gasteiger partial charge in [0.05, 0.1) is 19.1 Å². The average molecular weight is 420 g/mol. The highest BCUT2D eigenvalue weighted by Crippen LogP contribution is 2.39. The number of carbonyl (C=O) groups excluding carboxylic acids is 3. The molecule has 0 saturated carbocycles. The Hall–Kier alpha value is -2.68. The van der Waals surface area contributed by atoms with E-state index in [2.05, 4.69) is 0 Å². The molecule has 0 bridgehead atoms. The molecule has 2 aliphatic heterocycles. The molecule has 9 heteroatoms. The summed E-state index contributed by atoms with van der Waals surface area (Å²) in [4.78, 5) is 40.6. The summed E-state index contributed by atoms with van der Waals surface area (Å²) >= 11 is 0.781. The van der Waals surface area contributed by atoms with E-state index in [9.17, 15) is 19.5 Å². The number of phenols is 1. The van der Waals surface area contributed by atoms with Gasteiger partial charge in [0, 0.05) is 12.6 Å². The van der Waals surface area contributed by atoms with Gasteiger partial charge in [-0.15, -0.1) is 0 Å². The molecular weight excluding hydrogens is 396 g/mol. The summed E-state index contributed by atoms with van der Waals surface area (Å²) in [6.07, 6.45) is 4.46. The van der Waals surface area contributed by atoms with Gasteiger partial charge in [-0.1, -0.05) is 0 Å². The van der Waals surface area contributed by atoms with Crippen molar-refractivity contribution in [2.75, 3.05) is 27.3 Å². The van der Waals surface area contributed by atoms with E-state index in [1.54, 1.807) is 4.90 Å². The van der Waals surface area contributed by atoms with Crippen LogP contribution in [-0.2, 0) is 9.59 Å². The second kappa shape index (κ2) is 8.77. The number of thioether (sulfide) groups is 1. The van der Waals surface area contributed by atoms with E-state index in [-0.39, 0.29) is 40.6 Å². The topological polar surface area (TPSA) is 96.4 Å². The first-order chi connectivity index (χ1) is 13.8. The van der Waals surface area contributed by atoms with Gasteiger partial charge in [-0.05, 0) is 61.7 Å². The van der Waals surface area contributed by atoms with Crippen molar-refractivity contribution in [2.45, 2.75) is 32.2 Å². The molecule has 0 aliphatic carbocycles. The van der Waals surface area contributed by atoms with Crippen LogP contribution in [0.3, 0.4) is 0 Å². The summed E-state index contributed by atoms with van der Waals surface area (Å²) in [7, 11) is 2.80. The maximum Gasteiger partial charge on any atom is 0.294 e. The van der Waals surface area contributed by atoms with E-state index in [0.29, 0.717) is 12.1 Å². The first kappa shape index (κ1) is 21.0. The fourth-order valence-electron chi connectivity index (χ4n) is 3.48. The lowest BCUT2D eigenvalue weighted by molar-refractivity contribution is -0.138. The predicted molar refractivity (Wildman–Crippen MR) is 109 cm³/mol. The number of aromatic hydroxyl groups is 1. The molecule has 0 spiro atoms. The molecule has 1 atom stereocenters. The molecule has 0 radical (unpaired) electrons. The number of rotatable bonds is 5. The number of carbonyl (C=O) groups is 3. The van der Waals surface area contributed by atoms with E-state index in [4.69, 9.17) is 9.47 Å². The minimum absolute atomic E-state index is 0.114. The van der Waals surface area contributed by atoms with E-state index >= 15 is 0 Å². The molecule has 156 valence electrons. The van der Waals surface area contributed by atoms with Gasteiger partial charge in [0.1, 0.15) is 6.54 Å². The Morgan fingerprint density at radius 2 is 1.90 bits per heavy atom. The van der Waals surface area contributed by atoms with Crippen molar-refractivity contribution in [1.82, 2.24) is 9.80 Å². The molecule has 0 unspecified atom stereocenters. The maximum atomic E-state index is 12.7. The van der Waals surface area contributed by atoms with Crippen LogP contribution < -0.4 is 9.47 Å². The van der Waals surface area contributed by atoms with E-state index in [0.717, 1.165) is 35.9 Å². The summed E-state index contributed by atoms with van der Waals surface area (Å²) in [5.41, 5.74) is 0.526. The van der Waals surface area contributed by atoms with Crippen LogP contribution in [0.4, 0.5) is 4.79 Å². The fourth-order valence-corrected chi connectivity index (χ4v) is 4.32. The minimum atomic E-state index is -0.510. The monoisotopic (exact) mass is 420 g/mol. The van der Waals surface area contributed by atoms with Crippen LogP contribution in [0, 0.1) is 0 Å². The van der Waals surface area contributed by atoms with Crippen molar-refractivity contribution in [3.8, 4) is 17.2 Å². The lowest BCUT2D eigenvalue weighted by Gasteiger charge is -2.34. The van der Waals surface area contributed by atoms with E-state index in [1.807, 2.05) is 6.92 Å². The van der Waals surface area contributed by atoms with Crippen LogP contribution >= 0.6 is 11.8 Å². The van der Waals surface area contributed by atoms with Gasteiger partial charge in [0.15, 0.2) is 11.5 Å². The SMILES string of the molecule is COc1cc(/C=C2\SC(=O)N(CC(=O)N3CCCC[C@@H]3C)C2=O)cc(OC)c1O. The average Bonchev–Trinajstić information content (AvgIpc) is 2.96. The molecule has 3 amide bonds. The van der Waals surface area contributed by atoms with Crippen LogP contribution in [0.2, 0.25) is 0 Å². The summed E-state index contributed by atoms with van der Waals surface area (Å²) < 4.78 is 10.2. The summed E-state index contributed by atoms with van der Waals surface area (Å²) in [5, 5.41) is 9.53. The number of methoxy groups -OCH3 is 2. The molecule has 0 aromatic heterocycles. The number of ether oxygens (including phenoxy) is 2. The highest BCUT2D eigenvalue weighted by atomic mass is 32.2. The van der Waals surface area contributed by atoms with Crippen molar-refractivity contribution in [3.63, 3.8) is 0 Å². The van der Waals surface area contributed by atoms with E-state index < -0.39 is 11.1 Å². The van der Waals surface area contributed by atoms with Crippen molar-refractivity contribution in [2.24, 2.45) is 0 Å². The maximum absolute atomic E-state index is 12.7. The molecule has 2 aliphatic rings. The van der Waals surface area contributed by atoms with Crippen LogP contribution in [-0.4, -0.2) is 65.3 Å². The fraction of sp³-hybridized carbons (Fsp3) is 0.450. The van der Waals surface area contributed by atoms with E-state index in [1.165, 1.54) is 32.4 Å². The van der Waals surface area contributed by atoms with Crippen molar-refractivity contribution < 1.29 is 29.0 Å². The second-order valence-electron chi connectivity index (χ2n) is 6.97. The van der Waals surface area contributed by atoms with Crippen molar-refractivity contribution in [1.29, 1.82) is 0 Å². The summed E-state index contributed by atoms with van der Waals surface area (Å²) in [5.74, 6) is -0.507. The zero-order valence-electron chi connectivity index (χ0n) is 16.6. The first-order valence-corrected chi connectivity index (χ1v) is 10.2. The molecule has 2 fully saturated rings. The number of likely N-dealkylation sites (tertiary alicyclic amines) is 1. The predicted octanol–water partition coefficient (Wildman–Crippen LogP) is 2.85. The third-order valence-corrected chi connectivity index (χ3v) is 6.00. The highest BCUT2D eigenvalue weighted by molar-refractivity contribution is 8.18. The molecule has 3 rings (SSSR count). The normalized spacial score (nSPS) is 21.1. The lowest BCUT2D eigenvalue weighted by Crippen LogP contribution is -2.47. The number of hydrogen-bond donors (Lipinski definition) is 1. The molecule has 29 heavy (non-hydrogen) atoms. The molecule has 1 aromatic rings. The number of piperidine rings is 1. The zero-order valence-corrected chi connectivity index (χ0v) is 17.5. The number of benzene rings is 1. The molecule has 2 saturated heterocycles. The molecular formula is C20H24N2O6S. The van der Waals surface area contributed by atoms with Crippen LogP contribution in [0.1, 0.15) is 31.7 Å². The summed E-state index contributed by atoms with van der Waals surface area (Å²) in [6.45, 7) is 2.38. The standard InChI is InChI=1S/C20H24N2O6S/c1-12-6-4-5-7-21(12)17(23)11-22-19(25)16(29-20(22)26)10-13-8-14(27-2)18(24)15(9-13)28-3/h8-10,12,24H,4-7,11H2,1-3H3/b16-10-/t12-/m0/s1. The number of phenolic OH excluding ortho intramolecular Hbond substituents is 1. The smallest absolute Gasteiger partial charge is 0.294 e. The van der Waals surface area contributed by atoms with Gasteiger partial charge < -0.3 is 19.5 Å². The van der Waals surface area contributed by atoms with Crippen LogP contribution in [0.5, 0.6) is 17.2 Å². The Morgan fingerprint density at radius 1 is 1.24 bits per heavy atom. The molecule has 2 heterocycles. The summed E-state index contributed by atoms with van der Waals surface area (Å²) in [6, 6.07) is 3.18. The second-order valence-corrected chi connectivity index (χ2v) is 7.97. The third kappa shape index (κ3) is 4.34. The largest absolute Gasteiger partial charge is 0.502 e. The Morgan fingerprint density at radius 3 is 2.48 bits per heavy atom. The zero-order chi connectivity index (χ0) is 21.1. The van der Waals surface area contributed by atoms with Gasteiger partial charge in [-0.25, -0.2) is 0 Å².